The maximum atomic E-state index is 7.32. The molecule has 1 nitrogen and oxygen atoms in total. The zero-order valence-electron chi connectivity index (χ0n) is 3.86. The van der Waals surface area contributed by atoms with E-state index in [1.165, 1.54) is 6.92 Å². The average Bonchev–Trinajstić information content (AvgIpc) is 1.39. The Morgan fingerprint density at radius 2 is 1.50 bits per heavy atom. The van der Waals surface area contributed by atoms with Gasteiger partial charge >= 0.3 is 0 Å². The molecule has 6 heavy (non-hydrogen) atoms. The predicted octanol–water partition coefficient (Wildman–Crippen LogP) is 1.49. The Kier molecular flexibility index (Phi) is 52.8. The van der Waals surface area contributed by atoms with Gasteiger partial charge in [-0.15, -0.1) is 5.73 Å². The van der Waals surface area contributed by atoms with Gasteiger partial charge in [0.15, 0.2) is 0 Å². The van der Waals surface area contributed by atoms with Gasteiger partial charge in [0, 0.05) is 6.92 Å². The minimum Gasteiger partial charge on any atom is -0.199 e. The van der Waals surface area contributed by atoms with Crippen molar-refractivity contribution < 1.29 is 0 Å². The lowest BCUT2D eigenvalue weighted by Crippen LogP contribution is -1.10. The minimum atomic E-state index is 1.43. The molecule has 0 aliphatic heterocycles. The van der Waals surface area contributed by atoms with E-state index >= 15 is 0 Å². The summed E-state index contributed by atoms with van der Waals surface area (Å²) in [6, 6.07) is 1.75. The highest BCUT2D eigenvalue weighted by atomic mass is 14.2. The predicted molar refractivity (Wildman–Crippen MR) is 26.1 cm³/mol. The molecule has 1 heteroatoms. The fraction of sp³-hybridized carbons (Fsp3) is 0.200. The van der Waals surface area contributed by atoms with Crippen LogP contribution >= 0.6 is 0 Å². The van der Waals surface area contributed by atoms with E-state index in [-0.39, 0.29) is 0 Å². The van der Waals surface area contributed by atoms with Gasteiger partial charge in [0.25, 0.3) is 0 Å². The van der Waals surface area contributed by atoms with Gasteiger partial charge in [-0.25, -0.2) is 0 Å². The summed E-state index contributed by atoms with van der Waals surface area (Å²) in [6.45, 7) is 7.68. The molecule has 0 amide bonds. The summed E-state index contributed by atoms with van der Waals surface area (Å²) in [4.78, 5) is 0. The second-order valence-corrected chi connectivity index (χ2v) is 0.474. The molecule has 0 aromatic heterocycles. The third-order valence-electron chi connectivity index (χ3n) is 0. The van der Waals surface area contributed by atoms with E-state index in [2.05, 4.69) is 18.9 Å². The molecule has 0 aliphatic rings. The number of hydrogen-bond acceptors (Lipinski definition) is 1. The second-order valence-electron chi connectivity index (χ2n) is 0.474. The number of rotatable bonds is 0. The summed E-state index contributed by atoms with van der Waals surface area (Å²) < 4.78 is 0. The first-order valence-corrected chi connectivity index (χ1v) is 1.43. The number of nitriles is 1. The van der Waals surface area contributed by atoms with Crippen molar-refractivity contribution in [3.8, 4) is 6.07 Å². The van der Waals surface area contributed by atoms with Crippen molar-refractivity contribution in [1.82, 2.24) is 0 Å². The lowest BCUT2D eigenvalue weighted by molar-refractivity contribution is 1.49. The number of hydrogen-bond donors (Lipinski definition) is 0. The summed E-state index contributed by atoms with van der Waals surface area (Å²) in [5, 5.41) is 7.32. The zero-order valence-corrected chi connectivity index (χ0v) is 3.86. The molecule has 0 aliphatic carbocycles. The highest BCUT2D eigenvalue weighted by Gasteiger charge is 1.17. The third-order valence-corrected chi connectivity index (χ3v) is 0. The lowest BCUT2D eigenvalue weighted by atomic mass is 11.0. The molecule has 32 valence electrons. The van der Waals surface area contributed by atoms with E-state index in [0.29, 0.717) is 0 Å². The van der Waals surface area contributed by atoms with Crippen molar-refractivity contribution in [1.29, 1.82) is 5.26 Å². The Morgan fingerprint density at radius 1 is 1.50 bits per heavy atom. The summed E-state index contributed by atoms with van der Waals surface area (Å²) in [7, 11) is 0. The molecule has 0 spiro atoms. The molecule has 0 atom stereocenters. The first-order valence-electron chi connectivity index (χ1n) is 1.43. The SMILES string of the molecule is C=C=C.CC#N. The van der Waals surface area contributed by atoms with Crippen LogP contribution < -0.4 is 0 Å². The van der Waals surface area contributed by atoms with E-state index in [0.717, 1.165) is 0 Å². The van der Waals surface area contributed by atoms with Gasteiger partial charge in [-0.2, -0.15) is 5.26 Å². The van der Waals surface area contributed by atoms with Crippen molar-refractivity contribution in [2.24, 2.45) is 0 Å². The Balaban J connectivity index is 0. The van der Waals surface area contributed by atoms with E-state index in [1.807, 2.05) is 0 Å². The molecule has 0 fully saturated rings. The van der Waals surface area contributed by atoms with Crippen molar-refractivity contribution in [3.63, 3.8) is 0 Å². The van der Waals surface area contributed by atoms with Crippen molar-refractivity contribution in [2.45, 2.75) is 6.92 Å². The van der Waals surface area contributed by atoms with Gasteiger partial charge in [0.05, 0.1) is 6.07 Å². The smallest absolute Gasteiger partial charge is 0.0587 e. The fourth-order valence-electron chi connectivity index (χ4n) is 0. The largest absolute Gasteiger partial charge is 0.199 e. The summed E-state index contributed by atoms with van der Waals surface area (Å²) in [5.74, 6) is 0. The zero-order chi connectivity index (χ0) is 5.41. The first-order chi connectivity index (χ1) is 2.83. The van der Waals surface area contributed by atoms with Crippen LogP contribution in [-0.2, 0) is 0 Å². The van der Waals surface area contributed by atoms with Crippen molar-refractivity contribution >= 4 is 0 Å². The van der Waals surface area contributed by atoms with Crippen LogP contribution in [0.2, 0.25) is 0 Å². The van der Waals surface area contributed by atoms with Crippen LogP contribution in [0.5, 0.6) is 0 Å². The average molecular weight is 81.1 g/mol. The van der Waals surface area contributed by atoms with Crippen LogP contribution in [0, 0.1) is 11.3 Å². The van der Waals surface area contributed by atoms with Gasteiger partial charge in [-0.3, -0.25) is 0 Å². The monoisotopic (exact) mass is 81.1 g/mol. The maximum Gasteiger partial charge on any atom is 0.0587 e. The lowest BCUT2D eigenvalue weighted by Gasteiger charge is -1.15. The molecule has 0 unspecified atom stereocenters. The summed E-state index contributed by atoms with van der Waals surface area (Å²) in [6.07, 6.45) is 0. The molecule has 0 N–H and O–H groups in total. The Hall–Kier alpha value is -0.990. The highest BCUT2D eigenvalue weighted by molar-refractivity contribution is 4.51. The Labute approximate surface area is 38.2 Å². The molecule has 0 saturated carbocycles. The Bertz CT molecular complexity index is 70.4. The third kappa shape index (κ3) is 12.4. The van der Waals surface area contributed by atoms with E-state index in [9.17, 15) is 0 Å². The van der Waals surface area contributed by atoms with Crippen LogP contribution in [0.3, 0.4) is 0 Å². The van der Waals surface area contributed by atoms with E-state index in [4.69, 9.17) is 5.26 Å². The van der Waals surface area contributed by atoms with Gasteiger partial charge in [0.1, 0.15) is 0 Å². The second kappa shape index (κ2) is 35.6. The van der Waals surface area contributed by atoms with Crippen LogP contribution in [0.4, 0.5) is 0 Å². The highest BCUT2D eigenvalue weighted by Crippen LogP contribution is 1.21. The topological polar surface area (TPSA) is 23.8 Å². The van der Waals surface area contributed by atoms with Gasteiger partial charge in [-0.05, 0) is 0 Å². The van der Waals surface area contributed by atoms with Gasteiger partial charge in [-0.1, -0.05) is 13.2 Å². The molecule has 0 rings (SSSR count). The maximum absolute atomic E-state index is 7.32. The molecule has 0 heterocycles. The van der Waals surface area contributed by atoms with Crippen LogP contribution in [0.15, 0.2) is 18.9 Å². The van der Waals surface area contributed by atoms with Crippen molar-refractivity contribution in [3.05, 3.63) is 18.9 Å². The van der Waals surface area contributed by atoms with Gasteiger partial charge in [0.2, 0.25) is 0 Å². The molecule has 0 saturated heterocycles. The van der Waals surface area contributed by atoms with Crippen LogP contribution in [0.25, 0.3) is 0 Å². The molecular formula is C5H7N. The molecule has 0 bridgehead atoms. The first kappa shape index (κ1) is 8.89. The van der Waals surface area contributed by atoms with Crippen LogP contribution in [0.1, 0.15) is 6.92 Å². The minimum absolute atomic E-state index is 1.43. The standard InChI is InChI=1S/C3H4.C2H3N/c1-3-2;1-2-3/h1-2H2;1H3. The molecule has 0 aromatic rings. The Morgan fingerprint density at radius 3 is 1.50 bits per heavy atom. The quantitative estimate of drug-likeness (QED) is 0.405. The van der Waals surface area contributed by atoms with E-state index in [1.54, 1.807) is 6.07 Å². The number of nitrogens with zero attached hydrogens (tertiary/aromatic N) is 1. The van der Waals surface area contributed by atoms with Crippen molar-refractivity contribution in [2.75, 3.05) is 0 Å². The molecular weight excluding hydrogens is 74.1 g/mol. The fourth-order valence-corrected chi connectivity index (χ4v) is 0. The molecule has 0 aromatic carbocycles. The normalized spacial score (nSPS) is 2.67. The summed E-state index contributed by atoms with van der Waals surface area (Å²) in [5.41, 5.74) is 2.25. The van der Waals surface area contributed by atoms with Gasteiger partial charge < -0.3 is 0 Å². The van der Waals surface area contributed by atoms with Crippen LogP contribution in [-0.4, -0.2) is 0 Å². The summed E-state index contributed by atoms with van der Waals surface area (Å²) >= 11 is 0. The molecule has 0 radical (unpaired) electrons. The van der Waals surface area contributed by atoms with E-state index < -0.39 is 0 Å².